The summed E-state index contributed by atoms with van der Waals surface area (Å²) in [7, 11) is -2.74. The molecule has 9 nitrogen and oxygen atoms in total. The van der Waals surface area contributed by atoms with Gasteiger partial charge >= 0.3 is 23.9 Å². The quantitative estimate of drug-likeness (QED) is 0.555. The summed E-state index contributed by atoms with van der Waals surface area (Å²) in [6.07, 6.45) is 0. The van der Waals surface area contributed by atoms with Crippen LogP contribution in [0.15, 0.2) is 24.3 Å². The van der Waals surface area contributed by atoms with Crippen molar-refractivity contribution >= 4 is 42.3 Å². The molecule has 0 fully saturated rings. The second-order valence-electron chi connectivity index (χ2n) is 6.74. The number of aromatic carboxylic acids is 4. The van der Waals surface area contributed by atoms with Crippen LogP contribution in [-0.4, -0.2) is 52.4 Å². The third kappa shape index (κ3) is 2.79. The molecule has 0 spiro atoms. The Balaban J connectivity index is 2.32. The largest absolute Gasteiger partial charge is 0.478 e. The summed E-state index contributed by atoms with van der Waals surface area (Å²) in [5.74, 6) is -5.48. The molecule has 144 valence electrons. The fourth-order valence-corrected chi connectivity index (χ4v) is 6.06. The number of hydrogen-bond acceptors (Lipinski definition) is 5. The molecule has 4 N–H and O–H groups in total. The lowest BCUT2D eigenvalue weighted by atomic mass is 10.1. The molecule has 0 aromatic heterocycles. The lowest BCUT2D eigenvalue weighted by Crippen LogP contribution is -2.56. The molecular weight excluding hydrogens is 388 g/mol. The molecule has 0 amide bonds. The summed E-state index contributed by atoms with van der Waals surface area (Å²) >= 11 is 0. The number of rotatable bonds is 4. The first-order valence-corrected chi connectivity index (χ1v) is 10.9. The Bertz CT molecular complexity index is 1000. The summed E-state index contributed by atoms with van der Waals surface area (Å²) in [5.41, 5.74) is -1.72. The molecule has 0 aliphatic carbocycles. The standard InChI is InChI=1S/C18H14O9Si/c1-28(2)13-5-9(17(23)24)7(15(19)20)3-11(13)27-12-4-8(16(21)22)10(18(25)26)6-14(12)28/h3-6H,1-2H3,(H,19,20)(H,21,22)(H,23,24)(H,25,26). The van der Waals surface area contributed by atoms with Crippen molar-refractivity contribution in [1.29, 1.82) is 0 Å². The molecule has 0 saturated heterocycles. The van der Waals surface area contributed by atoms with Gasteiger partial charge in [0.15, 0.2) is 0 Å². The first kappa shape index (κ1) is 19.1. The predicted molar refractivity (Wildman–Crippen MR) is 97.5 cm³/mol. The van der Waals surface area contributed by atoms with Crippen molar-refractivity contribution in [3.05, 3.63) is 46.5 Å². The molecule has 2 aromatic rings. The molecule has 10 heteroatoms. The van der Waals surface area contributed by atoms with Crippen LogP contribution in [0.4, 0.5) is 0 Å². The first-order chi connectivity index (χ1) is 12.9. The van der Waals surface area contributed by atoms with E-state index in [1.54, 1.807) is 0 Å². The van der Waals surface area contributed by atoms with Crippen LogP contribution < -0.4 is 15.1 Å². The van der Waals surface area contributed by atoms with E-state index in [1.165, 1.54) is 12.1 Å². The lowest BCUT2D eigenvalue weighted by Gasteiger charge is -2.33. The molecule has 1 aliphatic rings. The molecule has 28 heavy (non-hydrogen) atoms. The zero-order valence-electron chi connectivity index (χ0n) is 14.6. The normalized spacial score (nSPS) is 13.6. The van der Waals surface area contributed by atoms with Crippen molar-refractivity contribution in [3.8, 4) is 11.5 Å². The monoisotopic (exact) mass is 402 g/mol. The SMILES string of the molecule is C[Si]1(C)c2cc(C(=O)O)c(C(=O)O)cc2Oc2cc(C(=O)O)c(C(=O)O)cc21. The van der Waals surface area contributed by atoms with Gasteiger partial charge in [0.25, 0.3) is 0 Å². The number of carboxylic acid groups (broad SMARTS) is 4. The maximum Gasteiger partial charge on any atom is 0.336 e. The minimum Gasteiger partial charge on any atom is -0.478 e. The Kier molecular flexibility index (Phi) is 4.23. The zero-order chi connectivity index (χ0) is 21.0. The summed E-state index contributed by atoms with van der Waals surface area (Å²) in [4.78, 5) is 45.9. The molecule has 3 rings (SSSR count). The molecule has 1 aliphatic heterocycles. The van der Waals surface area contributed by atoms with Gasteiger partial charge in [0.2, 0.25) is 0 Å². The van der Waals surface area contributed by atoms with Gasteiger partial charge in [-0.05, 0) is 34.6 Å². The van der Waals surface area contributed by atoms with Gasteiger partial charge in [0, 0.05) is 0 Å². The van der Waals surface area contributed by atoms with E-state index in [0.717, 1.165) is 12.1 Å². The van der Waals surface area contributed by atoms with E-state index in [2.05, 4.69) is 0 Å². The van der Waals surface area contributed by atoms with Gasteiger partial charge in [-0.25, -0.2) is 19.2 Å². The highest BCUT2D eigenvalue weighted by Gasteiger charge is 2.40. The van der Waals surface area contributed by atoms with E-state index in [4.69, 9.17) is 4.74 Å². The van der Waals surface area contributed by atoms with Crippen LogP contribution in [0.3, 0.4) is 0 Å². The van der Waals surface area contributed by atoms with Gasteiger partial charge in [-0.15, -0.1) is 0 Å². The Morgan fingerprint density at radius 2 is 0.929 bits per heavy atom. The van der Waals surface area contributed by atoms with Crippen LogP contribution >= 0.6 is 0 Å². The van der Waals surface area contributed by atoms with Crippen LogP contribution in [0.25, 0.3) is 0 Å². The number of benzene rings is 2. The van der Waals surface area contributed by atoms with E-state index in [9.17, 15) is 39.6 Å². The highest BCUT2D eigenvalue weighted by atomic mass is 28.3. The maximum absolute atomic E-state index is 11.5. The van der Waals surface area contributed by atoms with Crippen molar-refractivity contribution in [2.75, 3.05) is 0 Å². The fraction of sp³-hybridized carbons (Fsp3) is 0.111. The Morgan fingerprint density at radius 3 is 1.21 bits per heavy atom. The Morgan fingerprint density at radius 1 is 0.643 bits per heavy atom. The van der Waals surface area contributed by atoms with Crippen LogP contribution in [0.2, 0.25) is 13.1 Å². The Hall–Kier alpha value is -3.66. The van der Waals surface area contributed by atoms with Gasteiger partial charge in [0.1, 0.15) is 19.6 Å². The van der Waals surface area contributed by atoms with Gasteiger partial charge in [-0.1, -0.05) is 13.1 Å². The van der Waals surface area contributed by atoms with Crippen LogP contribution in [0, 0.1) is 0 Å². The lowest BCUT2D eigenvalue weighted by molar-refractivity contribution is 0.0651. The van der Waals surface area contributed by atoms with Gasteiger partial charge in [-0.3, -0.25) is 0 Å². The maximum atomic E-state index is 11.5. The molecule has 0 saturated carbocycles. The molecule has 2 aromatic carbocycles. The fourth-order valence-electron chi connectivity index (χ4n) is 3.28. The van der Waals surface area contributed by atoms with E-state index < -0.39 is 54.2 Å². The van der Waals surface area contributed by atoms with Crippen molar-refractivity contribution in [3.63, 3.8) is 0 Å². The zero-order valence-corrected chi connectivity index (χ0v) is 15.6. The first-order valence-electron chi connectivity index (χ1n) is 7.93. The van der Waals surface area contributed by atoms with Crippen molar-refractivity contribution in [2.45, 2.75) is 13.1 Å². The third-order valence-electron chi connectivity index (χ3n) is 4.73. The number of carbonyl (C=O) groups is 4. The number of fused-ring (bicyclic) bond motifs is 2. The summed E-state index contributed by atoms with van der Waals surface area (Å²) in [6, 6.07) is 4.68. The molecule has 0 atom stereocenters. The highest BCUT2D eigenvalue weighted by Crippen LogP contribution is 2.32. The predicted octanol–water partition coefficient (Wildman–Crippen LogP) is 1.41. The summed E-state index contributed by atoms with van der Waals surface area (Å²) in [5, 5.41) is 38.3. The van der Waals surface area contributed by atoms with E-state index in [1.807, 2.05) is 13.1 Å². The second kappa shape index (κ2) is 6.20. The molecule has 0 radical (unpaired) electrons. The van der Waals surface area contributed by atoms with E-state index in [-0.39, 0.29) is 11.5 Å². The minimum atomic E-state index is -2.74. The average molecular weight is 402 g/mol. The molecule has 0 unspecified atom stereocenters. The van der Waals surface area contributed by atoms with Gasteiger partial charge in [-0.2, -0.15) is 0 Å². The van der Waals surface area contributed by atoms with Crippen molar-refractivity contribution < 1.29 is 44.3 Å². The molecule has 1 heterocycles. The average Bonchev–Trinajstić information content (AvgIpc) is 2.59. The van der Waals surface area contributed by atoms with Crippen LogP contribution in [0.5, 0.6) is 11.5 Å². The third-order valence-corrected chi connectivity index (χ3v) is 8.20. The van der Waals surface area contributed by atoms with Crippen LogP contribution in [0.1, 0.15) is 41.4 Å². The van der Waals surface area contributed by atoms with Crippen molar-refractivity contribution in [2.24, 2.45) is 0 Å². The molecule has 0 bridgehead atoms. The number of hydrogen-bond donors (Lipinski definition) is 4. The summed E-state index contributed by atoms with van der Waals surface area (Å²) < 4.78 is 5.69. The van der Waals surface area contributed by atoms with E-state index in [0.29, 0.717) is 10.4 Å². The Labute approximate surface area is 158 Å². The van der Waals surface area contributed by atoms with Gasteiger partial charge in [0.05, 0.1) is 22.3 Å². The van der Waals surface area contributed by atoms with Crippen LogP contribution in [-0.2, 0) is 0 Å². The summed E-state index contributed by atoms with van der Waals surface area (Å²) in [6.45, 7) is 3.62. The number of ether oxygens (including phenoxy) is 1. The second-order valence-corrected chi connectivity index (χ2v) is 11.1. The smallest absolute Gasteiger partial charge is 0.336 e. The minimum absolute atomic E-state index is 0.117. The number of carboxylic acids is 4. The van der Waals surface area contributed by atoms with Gasteiger partial charge < -0.3 is 25.2 Å². The van der Waals surface area contributed by atoms with Crippen molar-refractivity contribution in [1.82, 2.24) is 0 Å². The highest BCUT2D eigenvalue weighted by molar-refractivity contribution is 7.01. The van der Waals surface area contributed by atoms with E-state index >= 15 is 0 Å². The molecular formula is C18H14O9Si. The topological polar surface area (TPSA) is 158 Å².